The third-order valence-corrected chi connectivity index (χ3v) is 3.65. The topological polar surface area (TPSA) is 97.3 Å². The van der Waals surface area contributed by atoms with E-state index in [-0.39, 0.29) is 5.71 Å². The minimum atomic E-state index is -0.982. The molecular formula is C14H13N3O5. The molecule has 2 aliphatic heterocycles. The van der Waals surface area contributed by atoms with Gasteiger partial charge in [0.15, 0.2) is 5.71 Å². The molecule has 2 amide bonds. The Morgan fingerprint density at radius 2 is 1.95 bits per heavy atom. The molecular weight excluding hydrogens is 290 g/mol. The minimum absolute atomic E-state index is 0.0942. The van der Waals surface area contributed by atoms with Gasteiger partial charge in [0.25, 0.3) is 5.91 Å². The highest BCUT2D eigenvalue weighted by Gasteiger charge is 2.56. The number of anilines is 1. The number of hydrogen-bond donors (Lipinski definition) is 1. The SMILES string of the molecule is COC(=O)C1=NN[C@H]2C(=O)N(c3ccccc3OC)C(=O)[C@@H]12. The van der Waals surface area contributed by atoms with Crippen molar-refractivity contribution in [1.29, 1.82) is 0 Å². The first-order chi connectivity index (χ1) is 10.6. The van der Waals surface area contributed by atoms with Crippen LogP contribution < -0.4 is 15.1 Å². The predicted octanol–water partition coefficient (Wildman–Crippen LogP) is -0.315. The lowest BCUT2D eigenvalue weighted by Crippen LogP contribution is -2.36. The van der Waals surface area contributed by atoms with Gasteiger partial charge in [0.2, 0.25) is 5.91 Å². The zero-order chi connectivity index (χ0) is 15.9. The van der Waals surface area contributed by atoms with Gasteiger partial charge in [0, 0.05) is 0 Å². The van der Waals surface area contributed by atoms with E-state index in [1.54, 1.807) is 24.3 Å². The van der Waals surface area contributed by atoms with Gasteiger partial charge in [-0.1, -0.05) is 12.1 Å². The molecule has 2 atom stereocenters. The normalized spacial score (nSPS) is 23.0. The molecule has 1 saturated heterocycles. The molecule has 0 aliphatic carbocycles. The van der Waals surface area contributed by atoms with E-state index in [0.29, 0.717) is 11.4 Å². The maximum Gasteiger partial charge on any atom is 0.355 e. The van der Waals surface area contributed by atoms with Crippen LogP contribution in [0, 0.1) is 5.92 Å². The fraction of sp³-hybridized carbons (Fsp3) is 0.286. The predicted molar refractivity (Wildman–Crippen MR) is 75.4 cm³/mol. The van der Waals surface area contributed by atoms with Gasteiger partial charge in [0.05, 0.1) is 19.9 Å². The molecule has 0 aromatic heterocycles. The van der Waals surface area contributed by atoms with Gasteiger partial charge in [-0.05, 0) is 12.1 Å². The largest absolute Gasteiger partial charge is 0.495 e. The molecule has 2 heterocycles. The molecule has 22 heavy (non-hydrogen) atoms. The average Bonchev–Trinajstić information content (AvgIpc) is 3.08. The number of nitrogens with zero attached hydrogens (tertiary/aromatic N) is 2. The van der Waals surface area contributed by atoms with Gasteiger partial charge in [-0.3, -0.25) is 15.0 Å². The molecule has 0 saturated carbocycles. The summed E-state index contributed by atoms with van der Waals surface area (Å²) in [5.74, 6) is -2.34. The van der Waals surface area contributed by atoms with E-state index in [1.165, 1.54) is 14.2 Å². The van der Waals surface area contributed by atoms with Crippen molar-refractivity contribution in [2.24, 2.45) is 11.0 Å². The van der Waals surface area contributed by atoms with Crippen molar-refractivity contribution in [1.82, 2.24) is 5.43 Å². The minimum Gasteiger partial charge on any atom is -0.495 e. The number of fused-ring (bicyclic) bond motifs is 1. The quantitative estimate of drug-likeness (QED) is 0.607. The summed E-state index contributed by atoms with van der Waals surface area (Å²) < 4.78 is 9.78. The van der Waals surface area contributed by atoms with Gasteiger partial charge in [-0.2, -0.15) is 5.10 Å². The lowest BCUT2D eigenvalue weighted by molar-refractivity contribution is -0.133. The van der Waals surface area contributed by atoms with Crippen LogP contribution in [-0.2, 0) is 19.1 Å². The van der Waals surface area contributed by atoms with Crippen molar-refractivity contribution in [3.63, 3.8) is 0 Å². The zero-order valence-electron chi connectivity index (χ0n) is 11.9. The molecule has 0 spiro atoms. The Labute approximate surface area is 125 Å². The number of imide groups is 1. The van der Waals surface area contributed by atoms with E-state index in [4.69, 9.17) is 4.74 Å². The Hall–Kier alpha value is -2.90. The van der Waals surface area contributed by atoms with Crippen molar-refractivity contribution >= 4 is 29.2 Å². The fourth-order valence-electron chi connectivity index (χ4n) is 2.61. The molecule has 0 unspecified atom stereocenters. The summed E-state index contributed by atoms with van der Waals surface area (Å²) in [5, 5.41) is 3.76. The molecule has 2 aliphatic rings. The summed E-state index contributed by atoms with van der Waals surface area (Å²) >= 11 is 0. The third kappa shape index (κ3) is 1.84. The summed E-state index contributed by atoms with van der Waals surface area (Å²) in [6.45, 7) is 0. The molecule has 114 valence electrons. The monoisotopic (exact) mass is 303 g/mol. The van der Waals surface area contributed by atoms with Crippen molar-refractivity contribution in [2.45, 2.75) is 6.04 Å². The number of amides is 2. The number of nitrogens with one attached hydrogen (secondary N) is 1. The standard InChI is InChI=1S/C14H13N3O5/c1-21-8-6-4-3-5-7(8)17-12(18)9-10(13(17)19)15-16-11(9)14(20)22-2/h3-6,9-10,15H,1-2H3/t9-,10-/m1/s1. The number of esters is 1. The Bertz CT molecular complexity index is 699. The van der Waals surface area contributed by atoms with Crippen LogP contribution in [-0.4, -0.2) is 43.8 Å². The Kier molecular flexibility index (Phi) is 3.28. The third-order valence-electron chi connectivity index (χ3n) is 3.65. The molecule has 1 fully saturated rings. The second kappa shape index (κ2) is 5.14. The molecule has 8 nitrogen and oxygen atoms in total. The van der Waals surface area contributed by atoms with Crippen molar-refractivity contribution in [3.8, 4) is 5.75 Å². The van der Waals surface area contributed by atoms with Gasteiger partial charge in [-0.15, -0.1) is 0 Å². The number of para-hydroxylation sites is 2. The van der Waals surface area contributed by atoms with Crippen LogP contribution >= 0.6 is 0 Å². The first kappa shape index (κ1) is 14.1. The van der Waals surface area contributed by atoms with Crippen LogP contribution in [0.1, 0.15) is 0 Å². The van der Waals surface area contributed by atoms with Crippen LogP contribution in [0.3, 0.4) is 0 Å². The Balaban J connectivity index is 2.00. The van der Waals surface area contributed by atoms with E-state index < -0.39 is 29.7 Å². The molecule has 1 aromatic rings. The van der Waals surface area contributed by atoms with Crippen molar-refractivity contribution < 1.29 is 23.9 Å². The highest BCUT2D eigenvalue weighted by atomic mass is 16.5. The number of hydrazone groups is 1. The Morgan fingerprint density at radius 1 is 1.23 bits per heavy atom. The van der Waals surface area contributed by atoms with Crippen LogP contribution in [0.15, 0.2) is 29.4 Å². The number of carbonyl (C=O) groups excluding carboxylic acids is 3. The second-order valence-electron chi connectivity index (χ2n) is 4.76. The van der Waals surface area contributed by atoms with Crippen LogP contribution in [0.2, 0.25) is 0 Å². The summed E-state index contributed by atoms with van der Waals surface area (Å²) in [4.78, 5) is 37.8. The van der Waals surface area contributed by atoms with Gasteiger partial charge >= 0.3 is 5.97 Å². The van der Waals surface area contributed by atoms with Gasteiger partial charge < -0.3 is 9.47 Å². The van der Waals surface area contributed by atoms with Crippen molar-refractivity contribution in [3.05, 3.63) is 24.3 Å². The maximum atomic E-state index is 12.6. The number of benzene rings is 1. The molecule has 0 bridgehead atoms. The number of ether oxygens (including phenoxy) is 2. The number of methoxy groups -OCH3 is 2. The van der Waals surface area contributed by atoms with E-state index in [0.717, 1.165) is 4.90 Å². The molecule has 1 N–H and O–H groups in total. The van der Waals surface area contributed by atoms with E-state index in [9.17, 15) is 14.4 Å². The van der Waals surface area contributed by atoms with Crippen LogP contribution in [0.4, 0.5) is 5.69 Å². The van der Waals surface area contributed by atoms with Crippen LogP contribution in [0.5, 0.6) is 5.75 Å². The first-order valence-corrected chi connectivity index (χ1v) is 6.52. The van der Waals surface area contributed by atoms with E-state index in [2.05, 4.69) is 15.3 Å². The smallest absolute Gasteiger partial charge is 0.355 e. The molecule has 0 radical (unpaired) electrons. The molecule has 3 rings (SSSR count). The molecule has 1 aromatic carbocycles. The number of rotatable bonds is 3. The average molecular weight is 303 g/mol. The summed E-state index contributed by atoms with van der Waals surface area (Å²) in [6.07, 6.45) is 0. The summed E-state index contributed by atoms with van der Waals surface area (Å²) in [6, 6.07) is 5.77. The Morgan fingerprint density at radius 3 is 2.64 bits per heavy atom. The highest BCUT2D eigenvalue weighted by molar-refractivity contribution is 6.46. The number of hydrogen-bond acceptors (Lipinski definition) is 7. The number of carbonyl (C=O) groups is 3. The van der Waals surface area contributed by atoms with E-state index >= 15 is 0 Å². The lowest BCUT2D eigenvalue weighted by atomic mass is 9.99. The van der Waals surface area contributed by atoms with Crippen LogP contribution in [0.25, 0.3) is 0 Å². The van der Waals surface area contributed by atoms with Crippen molar-refractivity contribution in [2.75, 3.05) is 19.1 Å². The van der Waals surface area contributed by atoms with Gasteiger partial charge in [0.1, 0.15) is 17.7 Å². The lowest BCUT2D eigenvalue weighted by Gasteiger charge is -2.18. The zero-order valence-corrected chi connectivity index (χ0v) is 11.9. The van der Waals surface area contributed by atoms with E-state index in [1.807, 2.05) is 0 Å². The fourth-order valence-corrected chi connectivity index (χ4v) is 2.61. The summed E-state index contributed by atoms with van der Waals surface area (Å²) in [7, 11) is 2.64. The first-order valence-electron chi connectivity index (χ1n) is 6.52. The highest BCUT2D eigenvalue weighted by Crippen LogP contribution is 2.35. The summed E-state index contributed by atoms with van der Waals surface area (Å²) in [5.41, 5.74) is 2.78. The maximum absolute atomic E-state index is 12.6. The second-order valence-corrected chi connectivity index (χ2v) is 4.76. The van der Waals surface area contributed by atoms with Gasteiger partial charge in [-0.25, -0.2) is 9.69 Å². The molecule has 8 heteroatoms.